The first-order chi connectivity index (χ1) is 23.8. The first-order valence-corrected chi connectivity index (χ1v) is 20.8. The van der Waals surface area contributed by atoms with E-state index < -0.39 is 16.1 Å². The molecule has 1 unspecified atom stereocenters. The van der Waals surface area contributed by atoms with Crippen molar-refractivity contribution < 1.29 is 17.9 Å². The molecule has 3 aliphatic carbocycles. The molecule has 6 rings (SSSR count). The second kappa shape index (κ2) is 15.5. The molecule has 6 atom stereocenters. The van der Waals surface area contributed by atoms with Crippen LogP contribution < -0.4 is 10.1 Å². The Morgan fingerprint density at radius 2 is 1.76 bits per heavy atom. The van der Waals surface area contributed by atoms with Crippen molar-refractivity contribution in [3.05, 3.63) is 64.7 Å². The van der Waals surface area contributed by atoms with Crippen molar-refractivity contribution in [1.29, 1.82) is 0 Å². The van der Waals surface area contributed by atoms with Crippen LogP contribution >= 0.6 is 0 Å². The van der Waals surface area contributed by atoms with Gasteiger partial charge in [0.05, 0.1) is 12.9 Å². The van der Waals surface area contributed by atoms with Gasteiger partial charge < -0.3 is 15.0 Å². The molecule has 9 heteroatoms. The van der Waals surface area contributed by atoms with Crippen LogP contribution in [0.15, 0.2) is 42.5 Å². The number of benzene rings is 2. The Labute approximate surface area is 309 Å². The van der Waals surface area contributed by atoms with Crippen molar-refractivity contribution in [2.24, 2.45) is 28.6 Å². The highest BCUT2D eigenvalue weighted by molar-refractivity contribution is 7.89. The van der Waals surface area contributed by atoms with Crippen LogP contribution in [0, 0.1) is 28.6 Å². The number of methoxy groups -OCH3 is 1. The Bertz CT molecular complexity index is 1630. The van der Waals surface area contributed by atoms with Crippen molar-refractivity contribution in [3.63, 3.8) is 0 Å². The number of nitrogens with one attached hydrogen (secondary N) is 1. The lowest BCUT2D eigenvalue weighted by Crippen LogP contribution is -2.61. The minimum absolute atomic E-state index is 0.00729. The fourth-order valence-corrected chi connectivity index (χ4v) is 11.0. The Balaban J connectivity index is 1.38. The van der Waals surface area contributed by atoms with Crippen LogP contribution in [0.3, 0.4) is 0 Å². The summed E-state index contributed by atoms with van der Waals surface area (Å²) in [5.41, 5.74) is 4.94. The van der Waals surface area contributed by atoms with Gasteiger partial charge in [0.25, 0.3) is 0 Å². The summed E-state index contributed by atoms with van der Waals surface area (Å²) >= 11 is 0. The number of rotatable bonds is 14. The van der Waals surface area contributed by atoms with Crippen LogP contribution in [0.2, 0.25) is 0 Å². The molecule has 2 bridgehead atoms. The molecular formula is C42H66N4O4S. The summed E-state index contributed by atoms with van der Waals surface area (Å²) < 4.78 is 34.2. The minimum atomic E-state index is -3.55. The Hall–Kier alpha value is -2.46. The van der Waals surface area contributed by atoms with E-state index in [4.69, 9.17) is 4.74 Å². The molecule has 1 aliphatic heterocycles. The minimum Gasteiger partial charge on any atom is -0.496 e. The molecule has 2 aromatic carbocycles. The van der Waals surface area contributed by atoms with Gasteiger partial charge in [0.1, 0.15) is 11.8 Å². The third-order valence-electron chi connectivity index (χ3n) is 12.3. The van der Waals surface area contributed by atoms with Gasteiger partial charge in [-0.2, -0.15) is 4.31 Å². The summed E-state index contributed by atoms with van der Waals surface area (Å²) in [7, 11) is 2.46. The number of amides is 1. The second-order valence-electron chi connectivity index (χ2n) is 18.4. The molecule has 0 radical (unpaired) electrons. The van der Waals surface area contributed by atoms with Gasteiger partial charge in [0.2, 0.25) is 15.9 Å². The standard InChI is InChI=1S/C42H66N4O4S/c1-28(2)32-15-16-39(50-11)33(20-32)26-45(35(27-44(9)10)23-41(4,5)6)24-30-13-12-14-31(19-30)25-46-38(17-18-51(46,48)49)40(47)43-37-22-34-21-36(29(37)3)42(34,7)8/h12-16,19-20,28-29,34-38H,17-18,21-27H2,1-11H3,(H,43,47)/t29-,34+,35-,36-,37-,38?/m0/s1. The molecule has 51 heavy (non-hydrogen) atoms. The summed E-state index contributed by atoms with van der Waals surface area (Å²) in [6.07, 6.45) is 3.56. The lowest BCUT2D eigenvalue weighted by Gasteiger charge is -2.62. The smallest absolute Gasteiger partial charge is 0.238 e. The molecule has 1 saturated heterocycles. The number of likely N-dealkylation sites (N-methyl/N-ethyl adjacent to an activating group) is 1. The molecule has 4 fully saturated rings. The Kier molecular flexibility index (Phi) is 12.1. The van der Waals surface area contributed by atoms with E-state index in [0.29, 0.717) is 42.1 Å². The van der Waals surface area contributed by atoms with Gasteiger partial charge in [-0.05, 0) is 97.0 Å². The summed E-state index contributed by atoms with van der Waals surface area (Å²) in [6.45, 7) is 20.8. The normalized spacial score (nSPS) is 26.4. The quantitative estimate of drug-likeness (QED) is 0.221. The number of nitrogens with zero attached hydrogens (tertiary/aromatic N) is 3. The summed E-state index contributed by atoms with van der Waals surface area (Å²) in [6, 6.07) is 14.5. The maximum absolute atomic E-state index is 13.8. The van der Waals surface area contributed by atoms with Crippen LogP contribution in [-0.2, 0) is 34.5 Å². The van der Waals surface area contributed by atoms with Crippen molar-refractivity contribution in [3.8, 4) is 5.75 Å². The van der Waals surface area contributed by atoms with E-state index in [0.717, 1.165) is 42.8 Å². The van der Waals surface area contributed by atoms with E-state index in [1.165, 1.54) is 21.9 Å². The van der Waals surface area contributed by atoms with Gasteiger partial charge in [-0.1, -0.05) is 91.8 Å². The fourth-order valence-electron chi connectivity index (χ4n) is 9.30. The van der Waals surface area contributed by atoms with E-state index in [1.54, 1.807) is 7.11 Å². The number of carbonyl (C=O) groups excluding carboxylic acids is 1. The monoisotopic (exact) mass is 722 g/mol. The lowest BCUT2D eigenvalue weighted by atomic mass is 9.45. The zero-order valence-electron chi connectivity index (χ0n) is 33.3. The number of hydrogen-bond donors (Lipinski definition) is 1. The number of hydrogen-bond acceptors (Lipinski definition) is 6. The van der Waals surface area contributed by atoms with Crippen molar-refractivity contribution in [2.45, 2.75) is 125 Å². The molecule has 1 heterocycles. The third kappa shape index (κ3) is 9.20. The number of sulfonamides is 1. The van der Waals surface area contributed by atoms with Crippen LogP contribution in [0.25, 0.3) is 0 Å². The van der Waals surface area contributed by atoms with Crippen LogP contribution in [0.4, 0.5) is 0 Å². The van der Waals surface area contributed by atoms with Crippen LogP contribution in [0.1, 0.15) is 109 Å². The van der Waals surface area contributed by atoms with Crippen molar-refractivity contribution in [2.75, 3.05) is 33.5 Å². The Morgan fingerprint density at radius 3 is 2.37 bits per heavy atom. The lowest BCUT2D eigenvalue weighted by molar-refractivity contribution is -0.136. The van der Waals surface area contributed by atoms with Gasteiger partial charge in [-0.15, -0.1) is 0 Å². The molecule has 284 valence electrons. The van der Waals surface area contributed by atoms with Gasteiger partial charge in [-0.25, -0.2) is 8.42 Å². The molecule has 1 N–H and O–H groups in total. The fraction of sp³-hybridized carbons (Fsp3) is 0.690. The topological polar surface area (TPSA) is 82.2 Å². The molecule has 1 amide bonds. The highest BCUT2D eigenvalue weighted by atomic mass is 32.2. The van der Waals surface area contributed by atoms with Crippen LogP contribution in [-0.4, -0.2) is 80.1 Å². The predicted octanol–water partition coefficient (Wildman–Crippen LogP) is 7.28. The van der Waals surface area contributed by atoms with E-state index in [9.17, 15) is 13.2 Å². The summed E-state index contributed by atoms with van der Waals surface area (Å²) in [5.74, 6) is 2.79. The van der Waals surface area contributed by atoms with E-state index >= 15 is 0 Å². The molecule has 2 aromatic rings. The van der Waals surface area contributed by atoms with E-state index in [2.05, 4.69) is 115 Å². The van der Waals surface area contributed by atoms with Crippen molar-refractivity contribution >= 4 is 15.9 Å². The van der Waals surface area contributed by atoms with Crippen LogP contribution in [0.5, 0.6) is 5.75 Å². The number of ether oxygens (including phenoxy) is 1. The molecule has 3 saturated carbocycles. The largest absolute Gasteiger partial charge is 0.496 e. The third-order valence-corrected chi connectivity index (χ3v) is 14.2. The zero-order chi connectivity index (χ0) is 37.5. The summed E-state index contributed by atoms with van der Waals surface area (Å²) in [5, 5.41) is 3.32. The molecular weight excluding hydrogens is 657 g/mol. The molecule has 8 nitrogen and oxygen atoms in total. The van der Waals surface area contributed by atoms with Gasteiger partial charge in [0, 0.05) is 43.8 Å². The highest BCUT2D eigenvalue weighted by Gasteiger charge is 2.56. The second-order valence-corrected chi connectivity index (χ2v) is 20.4. The average Bonchev–Trinajstić information content (AvgIpc) is 3.33. The molecule has 0 aromatic heterocycles. The predicted molar refractivity (Wildman–Crippen MR) is 208 cm³/mol. The van der Waals surface area contributed by atoms with Gasteiger partial charge in [0.15, 0.2) is 0 Å². The maximum atomic E-state index is 13.8. The van der Waals surface area contributed by atoms with Gasteiger partial charge >= 0.3 is 0 Å². The van der Waals surface area contributed by atoms with Gasteiger partial charge in [-0.3, -0.25) is 9.69 Å². The first kappa shape index (κ1) is 39.7. The first-order valence-electron chi connectivity index (χ1n) is 19.2. The highest BCUT2D eigenvalue weighted by Crippen LogP contribution is 2.61. The van der Waals surface area contributed by atoms with E-state index in [-0.39, 0.29) is 35.7 Å². The van der Waals surface area contributed by atoms with E-state index in [1.807, 2.05) is 12.1 Å². The Morgan fingerprint density at radius 1 is 1.06 bits per heavy atom. The molecule has 4 aliphatic rings. The van der Waals surface area contributed by atoms with Crippen molar-refractivity contribution in [1.82, 2.24) is 19.4 Å². The SMILES string of the molecule is COc1ccc(C(C)C)cc1CN(Cc1cccc(CN2C(C(=O)N[C@H]3C[C@H]4C[C@@H]([C@@H]3C)C4(C)C)CCS2(=O)=O)c1)[C@H](CN(C)C)CC(C)(C)C. The summed E-state index contributed by atoms with van der Waals surface area (Å²) in [4.78, 5) is 18.6. The average molecular weight is 723 g/mol. The zero-order valence-corrected chi connectivity index (χ0v) is 34.1. The number of fused-ring (bicyclic) bond motifs is 2. The number of carbonyl (C=O) groups is 1. The maximum Gasteiger partial charge on any atom is 0.238 e. The molecule has 0 spiro atoms.